The lowest BCUT2D eigenvalue weighted by atomic mass is 9.94. The highest BCUT2D eigenvalue weighted by Gasteiger charge is 2.39. The van der Waals surface area contributed by atoms with Gasteiger partial charge >= 0.3 is 0 Å². The number of amides is 1. The molecule has 0 bridgehead atoms. The van der Waals surface area contributed by atoms with Crippen LogP contribution in [0.4, 0.5) is 0 Å². The van der Waals surface area contributed by atoms with Crippen LogP contribution in [0.1, 0.15) is 69.8 Å². The Balaban J connectivity index is 1.67. The number of hydrogen-bond donors (Lipinski definition) is 1. The maximum atomic E-state index is 13.4. The largest absolute Gasteiger partial charge is 0.506 e. The van der Waals surface area contributed by atoms with Crippen molar-refractivity contribution in [2.24, 2.45) is 4.99 Å². The first-order valence-electron chi connectivity index (χ1n) is 10.5. The number of phenolic OH excluding ortho intramolecular Hbond substituents is 1. The van der Waals surface area contributed by atoms with E-state index in [4.69, 9.17) is 4.99 Å². The van der Waals surface area contributed by atoms with E-state index in [1.807, 2.05) is 11.0 Å². The second-order valence-corrected chi connectivity index (χ2v) is 10.9. The van der Waals surface area contributed by atoms with Gasteiger partial charge in [-0.2, -0.15) is 0 Å². The summed E-state index contributed by atoms with van der Waals surface area (Å²) in [5.41, 5.74) is 0.629. The van der Waals surface area contributed by atoms with Crippen molar-refractivity contribution < 1.29 is 9.90 Å². The number of carbonyl (C=O) groups is 1. The standard InChI is InChI=1S/C22H26Br2N2O2S/c23-15-11-14(20(27)18(24)13-15)12-19-21(28)26(17-9-5-2-6-10-17)22(29-19)25-16-7-3-1-4-8-16/h11-13,16-17,27H,1-10H2. The zero-order valence-corrected chi connectivity index (χ0v) is 20.4. The Bertz CT molecular complexity index is 843. The van der Waals surface area contributed by atoms with Crippen molar-refractivity contribution in [2.75, 3.05) is 0 Å². The molecule has 3 aliphatic rings. The Morgan fingerprint density at radius 2 is 1.69 bits per heavy atom. The third-order valence-electron chi connectivity index (χ3n) is 5.99. The summed E-state index contributed by atoms with van der Waals surface area (Å²) in [6.45, 7) is 0. The van der Waals surface area contributed by atoms with Crippen LogP contribution in [0.5, 0.6) is 5.75 Å². The van der Waals surface area contributed by atoms with Gasteiger partial charge in [-0.15, -0.1) is 0 Å². The molecule has 156 valence electrons. The number of phenols is 1. The van der Waals surface area contributed by atoms with Gasteiger partial charge in [0.05, 0.1) is 15.4 Å². The molecule has 0 spiro atoms. The topological polar surface area (TPSA) is 52.9 Å². The quantitative estimate of drug-likeness (QED) is 0.425. The minimum atomic E-state index is 0.0342. The van der Waals surface area contributed by atoms with Crippen molar-refractivity contribution in [1.82, 2.24) is 4.90 Å². The van der Waals surface area contributed by atoms with E-state index in [1.54, 1.807) is 12.1 Å². The highest BCUT2D eigenvalue weighted by atomic mass is 79.9. The van der Waals surface area contributed by atoms with Crippen LogP contribution in [0.2, 0.25) is 0 Å². The van der Waals surface area contributed by atoms with Gasteiger partial charge < -0.3 is 5.11 Å². The van der Waals surface area contributed by atoms with Crippen LogP contribution in [0.3, 0.4) is 0 Å². The van der Waals surface area contributed by atoms with Crippen molar-refractivity contribution in [2.45, 2.75) is 76.3 Å². The van der Waals surface area contributed by atoms with E-state index in [1.165, 1.54) is 50.3 Å². The summed E-state index contributed by atoms with van der Waals surface area (Å²) >= 11 is 8.32. The molecule has 1 N–H and O–H groups in total. The van der Waals surface area contributed by atoms with Crippen molar-refractivity contribution >= 4 is 60.8 Å². The molecule has 0 atom stereocenters. The smallest absolute Gasteiger partial charge is 0.267 e. The van der Waals surface area contributed by atoms with Crippen LogP contribution in [-0.4, -0.2) is 33.2 Å². The van der Waals surface area contributed by atoms with E-state index < -0.39 is 0 Å². The molecule has 2 saturated carbocycles. The molecule has 1 amide bonds. The number of thioether (sulfide) groups is 1. The van der Waals surface area contributed by atoms with Crippen LogP contribution in [0, 0.1) is 0 Å². The molecule has 2 aliphatic carbocycles. The fourth-order valence-corrected chi connectivity index (χ4v) is 6.80. The predicted octanol–water partition coefficient (Wildman–Crippen LogP) is 6.85. The highest BCUT2D eigenvalue weighted by Crippen LogP contribution is 2.40. The lowest BCUT2D eigenvalue weighted by Gasteiger charge is -2.31. The number of amidine groups is 1. The van der Waals surface area contributed by atoms with Gasteiger partial charge in [0, 0.05) is 16.1 Å². The third kappa shape index (κ3) is 4.93. The first kappa shape index (κ1) is 21.4. The van der Waals surface area contributed by atoms with Crippen LogP contribution in [0.15, 0.2) is 31.0 Å². The lowest BCUT2D eigenvalue weighted by Crippen LogP contribution is -2.41. The fraction of sp³-hybridized carbons (Fsp3) is 0.545. The second kappa shape index (κ2) is 9.56. The molecule has 1 heterocycles. The molecule has 3 fully saturated rings. The SMILES string of the molecule is O=C1C(=Cc2cc(Br)cc(Br)c2O)SC(=NC2CCCCC2)N1C1CCCCC1. The minimum Gasteiger partial charge on any atom is -0.506 e. The first-order valence-corrected chi connectivity index (χ1v) is 12.9. The van der Waals surface area contributed by atoms with Crippen molar-refractivity contribution in [3.63, 3.8) is 0 Å². The number of carbonyl (C=O) groups excluding carboxylic acids is 1. The molecule has 1 saturated heterocycles. The number of aliphatic imine (C=N–C) groups is 1. The molecule has 0 radical (unpaired) electrons. The van der Waals surface area contributed by atoms with Gasteiger partial charge in [0.15, 0.2) is 5.17 Å². The van der Waals surface area contributed by atoms with E-state index in [2.05, 4.69) is 31.9 Å². The summed E-state index contributed by atoms with van der Waals surface area (Å²) in [5.74, 6) is 0.183. The normalized spacial score (nSPS) is 24.8. The molecule has 0 aromatic heterocycles. The highest BCUT2D eigenvalue weighted by molar-refractivity contribution is 9.11. The number of benzene rings is 1. The van der Waals surface area contributed by atoms with E-state index >= 15 is 0 Å². The summed E-state index contributed by atoms with van der Waals surface area (Å²) < 4.78 is 1.46. The van der Waals surface area contributed by atoms with E-state index in [9.17, 15) is 9.90 Å². The van der Waals surface area contributed by atoms with Gasteiger partial charge in [0.25, 0.3) is 5.91 Å². The molecule has 4 nitrogen and oxygen atoms in total. The van der Waals surface area contributed by atoms with Crippen LogP contribution < -0.4 is 0 Å². The Hall–Kier alpha value is -0.790. The summed E-state index contributed by atoms with van der Waals surface area (Å²) in [7, 11) is 0. The molecular formula is C22H26Br2N2O2S. The molecule has 1 aliphatic heterocycles. The molecule has 1 aromatic rings. The number of hydrogen-bond acceptors (Lipinski definition) is 4. The predicted molar refractivity (Wildman–Crippen MR) is 127 cm³/mol. The van der Waals surface area contributed by atoms with Crippen molar-refractivity contribution in [3.05, 3.63) is 31.5 Å². The van der Waals surface area contributed by atoms with E-state index in [0.29, 0.717) is 21.0 Å². The maximum Gasteiger partial charge on any atom is 0.267 e. The van der Waals surface area contributed by atoms with Crippen LogP contribution in [0.25, 0.3) is 6.08 Å². The molecule has 29 heavy (non-hydrogen) atoms. The average Bonchev–Trinajstić information content (AvgIpc) is 3.02. The second-order valence-electron chi connectivity index (χ2n) is 8.11. The Kier molecular flexibility index (Phi) is 7.07. The molecule has 7 heteroatoms. The molecule has 1 aromatic carbocycles. The average molecular weight is 542 g/mol. The minimum absolute atomic E-state index is 0.0342. The summed E-state index contributed by atoms with van der Waals surface area (Å²) in [6.07, 6.45) is 13.5. The Morgan fingerprint density at radius 3 is 2.38 bits per heavy atom. The zero-order valence-electron chi connectivity index (χ0n) is 16.4. The van der Waals surface area contributed by atoms with Gasteiger partial charge in [0.1, 0.15) is 5.75 Å². The van der Waals surface area contributed by atoms with Gasteiger partial charge in [0.2, 0.25) is 0 Å². The molecule has 0 unspecified atom stereocenters. The zero-order chi connectivity index (χ0) is 20.4. The number of aromatic hydroxyl groups is 1. The lowest BCUT2D eigenvalue weighted by molar-refractivity contribution is -0.124. The third-order valence-corrected chi connectivity index (χ3v) is 8.05. The van der Waals surface area contributed by atoms with Crippen LogP contribution in [-0.2, 0) is 4.79 Å². The molecule has 4 rings (SSSR count). The summed E-state index contributed by atoms with van der Waals surface area (Å²) in [6, 6.07) is 4.21. The maximum absolute atomic E-state index is 13.4. The monoisotopic (exact) mass is 540 g/mol. The van der Waals surface area contributed by atoms with E-state index in [-0.39, 0.29) is 17.7 Å². The van der Waals surface area contributed by atoms with Crippen LogP contribution >= 0.6 is 43.6 Å². The summed E-state index contributed by atoms with van der Waals surface area (Å²) in [4.78, 5) is 21.1. The number of halogens is 2. The Labute approximate surface area is 193 Å². The Morgan fingerprint density at radius 1 is 1.03 bits per heavy atom. The van der Waals surface area contributed by atoms with Gasteiger partial charge in [-0.1, -0.05) is 54.5 Å². The van der Waals surface area contributed by atoms with Crippen molar-refractivity contribution in [1.29, 1.82) is 0 Å². The first-order chi connectivity index (χ1) is 14.0. The number of rotatable bonds is 3. The van der Waals surface area contributed by atoms with E-state index in [0.717, 1.165) is 35.3 Å². The van der Waals surface area contributed by atoms with Gasteiger partial charge in [-0.3, -0.25) is 14.7 Å². The van der Waals surface area contributed by atoms with Gasteiger partial charge in [-0.05, 0) is 71.6 Å². The van der Waals surface area contributed by atoms with Crippen molar-refractivity contribution in [3.8, 4) is 5.75 Å². The fourth-order valence-electron chi connectivity index (χ4n) is 4.44. The summed E-state index contributed by atoms with van der Waals surface area (Å²) in [5, 5.41) is 11.3. The molecular weight excluding hydrogens is 516 g/mol. The van der Waals surface area contributed by atoms with Gasteiger partial charge in [-0.25, -0.2) is 0 Å². The number of nitrogens with zero attached hydrogens (tertiary/aromatic N) is 2.